The summed E-state index contributed by atoms with van der Waals surface area (Å²) in [5.74, 6) is 0. The molecular weight excluding hydrogens is 183 g/mol. The topological polar surface area (TPSA) is 83.8 Å². The number of hydrogen-bond donors (Lipinski definition) is 2. The summed E-state index contributed by atoms with van der Waals surface area (Å²) in [4.78, 5) is 0. The van der Waals surface area contributed by atoms with Crippen molar-refractivity contribution in [3.05, 3.63) is 0 Å². The summed E-state index contributed by atoms with van der Waals surface area (Å²) in [5.41, 5.74) is 0. The van der Waals surface area contributed by atoms with Gasteiger partial charge in [0.25, 0.3) is 0 Å². The van der Waals surface area contributed by atoms with Crippen molar-refractivity contribution in [2.75, 3.05) is 6.61 Å². The summed E-state index contributed by atoms with van der Waals surface area (Å²) in [5, 5.41) is 0. The van der Waals surface area contributed by atoms with Crippen LogP contribution in [0.15, 0.2) is 0 Å². The third-order valence-electron chi connectivity index (χ3n) is 0.500. The molecule has 1 unspecified atom stereocenters. The van der Waals surface area contributed by atoms with Crippen molar-refractivity contribution in [2.45, 2.75) is 17.2 Å². The molecule has 5 nitrogen and oxygen atoms in total. The monoisotopic (exact) mass is 194 g/mol. The minimum Gasteiger partial charge on any atom is -0.264 e. The summed E-state index contributed by atoms with van der Waals surface area (Å²) in [6.45, 7) is 4.98. The Balaban J connectivity index is 0. The molecule has 0 saturated carbocycles. The summed E-state index contributed by atoms with van der Waals surface area (Å²) in [6, 6.07) is 0. The Morgan fingerprint density at radius 2 is 1.82 bits per heavy atom. The van der Waals surface area contributed by atoms with Crippen LogP contribution in [0.1, 0.15) is 13.8 Å². The van der Waals surface area contributed by atoms with Crippen LogP contribution in [0, 0.1) is 0 Å². The van der Waals surface area contributed by atoms with Gasteiger partial charge in [0.1, 0.15) is 0 Å². The first-order valence-electron chi connectivity index (χ1n) is 3.08. The standard InChI is InChI=1S/C4H9O.Na.H2O4S/c1-3-5-4-2;;1-5(2,3)4/h3H,4H2,1-2H3;;(H2,1,2,3,4). The van der Waals surface area contributed by atoms with Gasteiger partial charge in [0.2, 0.25) is 0 Å². The molecule has 1 atom stereocenters. The van der Waals surface area contributed by atoms with Crippen LogP contribution in [0.25, 0.3) is 0 Å². The Labute approximate surface area is 84.1 Å². The van der Waals surface area contributed by atoms with Gasteiger partial charge in [-0.1, -0.05) is 0 Å². The van der Waals surface area contributed by atoms with E-state index in [1.165, 1.54) is 0 Å². The van der Waals surface area contributed by atoms with Crippen LogP contribution in [0.2, 0.25) is 0 Å². The predicted molar refractivity (Wildman–Crippen MR) is 41.0 cm³/mol. The maximum absolute atomic E-state index is 8.74. The molecule has 0 radical (unpaired) electrons. The second-order valence-electron chi connectivity index (χ2n) is 1.95. The van der Waals surface area contributed by atoms with Crippen molar-refractivity contribution < 1.29 is 22.3 Å². The molecule has 0 heterocycles. The van der Waals surface area contributed by atoms with Crippen molar-refractivity contribution in [3.63, 3.8) is 0 Å². The van der Waals surface area contributed by atoms with Crippen LogP contribution in [-0.2, 0) is 15.1 Å². The van der Waals surface area contributed by atoms with Crippen molar-refractivity contribution >= 4 is 38.3 Å². The minimum absolute atomic E-state index is 0.537. The first kappa shape index (κ1) is 14.4. The van der Waals surface area contributed by atoms with Gasteiger partial charge in [-0.05, 0) is 0 Å². The molecule has 0 aromatic rings. The Morgan fingerprint density at radius 3 is 1.82 bits per heavy atom. The number of ether oxygens (including phenoxy) is 1. The second kappa shape index (κ2) is 7.48. The van der Waals surface area contributed by atoms with E-state index in [2.05, 4.69) is 6.92 Å². The number of hydrogen-bond acceptors (Lipinski definition) is 3. The van der Waals surface area contributed by atoms with Crippen molar-refractivity contribution in [1.29, 1.82) is 0 Å². The van der Waals surface area contributed by atoms with Crippen LogP contribution < -0.4 is 0 Å². The minimum atomic E-state index is -4.67. The van der Waals surface area contributed by atoms with Gasteiger partial charge in [-0.2, -0.15) is 8.42 Å². The molecule has 11 heavy (non-hydrogen) atoms. The molecule has 2 N–H and O–H groups in total. The summed E-state index contributed by atoms with van der Waals surface area (Å²) < 4.78 is 37.2. The molecule has 0 aliphatic heterocycles. The van der Waals surface area contributed by atoms with Gasteiger partial charge in [-0.15, -0.1) is 0 Å². The smallest absolute Gasteiger partial charge is 0.264 e. The van der Waals surface area contributed by atoms with Gasteiger partial charge in [0.05, 0.1) is 0 Å². The predicted octanol–water partition coefficient (Wildman–Crippen LogP) is -0.115. The normalized spacial score (nSPS) is 13.3. The maximum atomic E-state index is 8.74. The molecule has 0 saturated heterocycles. The Kier molecular flexibility index (Phi) is 9.76. The summed E-state index contributed by atoms with van der Waals surface area (Å²) in [6.07, 6.45) is 0. The van der Waals surface area contributed by atoms with E-state index in [0.29, 0.717) is 3.35 Å². The molecular formula is C4H11NaO5S. The fraction of sp³-hybridized carbons (Fsp3) is 1.00. The zero-order valence-electron chi connectivity index (χ0n) is 6.81. The SMILES string of the molecule is CCO[CH](C)[Na].O=S(=O)(O)O. The van der Waals surface area contributed by atoms with E-state index >= 15 is 0 Å². The molecule has 0 aliphatic rings. The molecule has 0 aromatic heterocycles. The van der Waals surface area contributed by atoms with Crippen molar-refractivity contribution in [3.8, 4) is 0 Å². The van der Waals surface area contributed by atoms with E-state index < -0.39 is 10.4 Å². The quantitative estimate of drug-likeness (QED) is 0.473. The number of rotatable bonds is 2. The third-order valence-corrected chi connectivity index (χ3v) is 0.833. The molecule has 7 heteroatoms. The van der Waals surface area contributed by atoms with E-state index in [9.17, 15) is 0 Å². The van der Waals surface area contributed by atoms with E-state index in [1.807, 2.05) is 6.92 Å². The fourth-order valence-corrected chi connectivity index (χ4v) is 0.667. The van der Waals surface area contributed by atoms with E-state index in [-0.39, 0.29) is 0 Å². The second-order valence-corrected chi connectivity index (χ2v) is 4.47. The molecule has 0 amide bonds. The van der Waals surface area contributed by atoms with Gasteiger partial charge in [0.15, 0.2) is 0 Å². The Hall–Kier alpha value is 0.830. The summed E-state index contributed by atoms with van der Waals surface area (Å²) in [7, 11) is -4.67. The molecule has 0 rings (SSSR count). The zero-order valence-corrected chi connectivity index (χ0v) is 9.63. The zero-order chi connectivity index (χ0) is 9.49. The van der Waals surface area contributed by atoms with E-state index in [1.54, 1.807) is 0 Å². The molecule has 0 fully saturated rings. The van der Waals surface area contributed by atoms with Gasteiger partial charge < -0.3 is 0 Å². The van der Waals surface area contributed by atoms with Gasteiger partial charge in [0, 0.05) is 0 Å². The fourth-order valence-electron chi connectivity index (χ4n) is 0.333. The van der Waals surface area contributed by atoms with Crippen molar-refractivity contribution in [2.24, 2.45) is 0 Å². The first-order valence-corrected chi connectivity index (χ1v) is 5.64. The van der Waals surface area contributed by atoms with Crippen molar-refractivity contribution in [1.82, 2.24) is 0 Å². The maximum Gasteiger partial charge on any atom is 0.394 e. The largest absolute Gasteiger partial charge is 0.394 e. The average molecular weight is 194 g/mol. The van der Waals surface area contributed by atoms with Crippen LogP contribution in [0.5, 0.6) is 0 Å². The first-order chi connectivity index (χ1) is 4.77. The molecule has 64 valence electrons. The molecule has 0 aliphatic carbocycles. The molecule has 0 spiro atoms. The average Bonchev–Trinajstić information content (AvgIpc) is 1.58. The third kappa shape index (κ3) is 57.6. The Bertz CT molecular complexity index is 155. The van der Waals surface area contributed by atoms with Gasteiger partial charge in [-0.3, -0.25) is 9.11 Å². The van der Waals surface area contributed by atoms with Crippen LogP contribution in [0.4, 0.5) is 0 Å². The van der Waals surface area contributed by atoms with Crippen LogP contribution in [0.3, 0.4) is 0 Å². The van der Waals surface area contributed by atoms with Crippen LogP contribution in [-0.4, -0.2) is 55.4 Å². The molecule has 0 bridgehead atoms. The van der Waals surface area contributed by atoms with E-state index in [0.717, 1.165) is 34.5 Å². The molecule has 0 aromatic carbocycles. The van der Waals surface area contributed by atoms with Crippen LogP contribution >= 0.6 is 0 Å². The Morgan fingerprint density at radius 1 is 1.55 bits per heavy atom. The summed E-state index contributed by atoms with van der Waals surface area (Å²) >= 11 is 1.16. The van der Waals surface area contributed by atoms with E-state index in [4.69, 9.17) is 22.3 Å². The van der Waals surface area contributed by atoms with Gasteiger partial charge in [-0.25, -0.2) is 0 Å². The van der Waals surface area contributed by atoms with Gasteiger partial charge >= 0.3 is 66.9 Å².